The summed E-state index contributed by atoms with van der Waals surface area (Å²) >= 11 is 0. The molecule has 0 saturated carbocycles. The minimum Gasteiger partial charge on any atom is -0.491 e. The summed E-state index contributed by atoms with van der Waals surface area (Å²) in [7, 11) is 0. The van der Waals surface area contributed by atoms with Gasteiger partial charge in [-0.3, -0.25) is 14.6 Å². The zero-order valence-electron chi connectivity index (χ0n) is 16.4. The summed E-state index contributed by atoms with van der Waals surface area (Å²) in [6.07, 6.45) is 1.51. The standard InChI is InChI=1S/C23H23N3O3/c1-16-11-12-17-6-4-8-19(22(17)24-16)25-23(28)18-7-2-3-9-20(18)29-15-14-26-13-5-10-21(26)27/h2-4,6-9,11-12H,5,10,13-15H2,1H3,(H,25,28). The van der Waals surface area contributed by atoms with Crippen molar-refractivity contribution in [2.75, 3.05) is 25.0 Å². The summed E-state index contributed by atoms with van der Waals surface area (Å²) in [5.41, 5.74) is 2.75. The van der Waals surface area contributed by atoms with Crippen LogP contribution in [0.25, 0.3) is 10.9 Å². The Bertz CT molecular complexity index is 1060. The van der Waals surface area contributed by atoms with Crippen LogP contribution in [0.1, 0.15) is 28.9 Å². The first kappa shape index (κ1) is 18.9. The van der Waals surface area contributed by atoms with Gasteiger partial charge in [0.1, 0.15) is 12.4 Å². The van der Waals surface area contributed by atoms with Gasteiger partial charge >= 0.3 is 0 Å². The molecule has 2 amide bonds. The molecule has 0 atom stereocenters. The molecule has 1 aliphatic rings. The van der Waals surface area contributed by atoms with Crippen molar-refractivity contribution in [1.82, 2.24) is 9.88 Å². The minimum atomic E-state index is -0.256. The Labute approximate surface area is 169 Å². The maximum atomic E-state index is 13.0. The van der Waals surface area contributed by atoms with Crippen molar-refractivity contribution in [2.24, 2.45) is 0 Å². The number of aryl methyl sites for hydroxylation is 1. The van der Waals surface area contributed by atoms with Gasteiger partial charge in [0, 0.05) is 24.0 Å². The van der Waals surface area contributed by atoms with Gasteiger partial charge in [-0.1, -0.05) is 30.3 Å². The number of rotatable bonds is 6. The maximum absolute atomic E-state index is 13.0. The molecule has 6 nitrogen and oxygen atoms in total. The Balaban J connectivity index is 1.49. The Kier molecular flexibility index (Phi) is 5.42. The number of carbonyl (C=O) groups is 2. The first-order valence-corrected chi connectivity index (χ1v) is 9.79. The molecule has 1 N–H and O–H groups in total. The SMILES string of the molecule is Cc1ccc2cccc(NC(=O)c3ccccc3OCCN3CCCC3=O)c2n1. The summed E-state index contributed by atoms with van der Waals surface area (Å²) in [5, 5.41) is 3.93. The fourth-order valence-corrected chi connectivity index (χ4v) is 3.52. The lowest BCUT2D eigenvalue weighted by molar-refractivity contribution is -0.128. The molecule has 6 heteroatoms. The summed E-state index contributed by atoms with van der Waals surface area (Å²) < 4.78 is 5.84. The second-order valence-corrected chi connectivity index (χ2v) is 7.11. The van der Waals surface area contributed by atoms with Crippen LogP contribution in [-0.4, -0.2) is 41.4 Å². The number of carbonyl (C=O) groups excluding carboxylic acids is 2. The van der Waals surface area contributed by atoms with Crippen LogP contribution in [0.15, 0.2) is 54.6 Å². The highest BCUT2D eigenvalue weighted by Gasteiger charge is 2.20. The van der Waals surface area contributed by atoms with Gasteiger partial charge in [0.05, 0.1) is 23.3 Å². The number of ether oxygens (including phenoxy) is 1. The smallest absolute Gasteiger partial charge is 0.259 e. The minimum absolute atomic E-state index is 0.165. The molecule has 29 heavy (non-hydrogen) atoms. The average molecular weight is 389 g/mol. The van der Waals surface area contributed by atoms with Gasteiger partial charge in [-0.05, 0) is 37.6 Å². The topological polar surface area (TPSA) is 71.5 Å². The van der Waals surface area contributed by atoms with Gasteiger partial charge < -0.3 is 15.0 Å². The second kappa shape index (κ2) is 8.31. The van der Waals surface area contributed by atoms with Crippen LogP contribution in [0.4, 0.5) is 5.69 Å². The number of nitrogens with one attached hydrogen (secondary N) is 1. The summed E-state index contributed by atoms with van der Waals surface area (Å²) in [4.78, 5) is 31.0. The second-order valence-electron chi connectivity index (χ2n) is 7.11. The van der Waals surface area contributed by atoms with Gasteiger partial charge in [0.2, 0.25) is 5.91 Å². The molecular weight excluding hydrogens is 366 g/mol. The molecule has 148 valence electrons. The number of aromatic nitrogens is 1. The molecule has 0 spiro atoms. The van der Waals surface area contributed by atoms with E-state index in [2.05, 4.69) is 10.3 Å². The van der Waals surface area contributed by atoms with Crippen LogP contribution in [0.3, 0.4) is 0 Å². The van der Waals surface area contributed by atoms with E-state index in [4.69, 9.17) is 4.74 Å². The van der Waals surface area contributed by atoms with Crippen molar-refractivity contribution in [3.05, 3.63) is 65.9 Å². The third kappa shape index (κ3) is 4.21. The van der Waals surface area contributed by atoms with Crippen molar-refractivity contribution in [3.8, 4) is 5.75 Å². The average Bonchev–Trinajstić information content (AvgIpc) is 3.13. The van der Waals surface area contributed by atoms with Gasteiger partial charge in [0.25, 0.3) is 5.91 Å². The van der Waals surface area contributed by atoms with Crippen molar-refractivity contribution in [2.45, 2.75) is 19.8 Å². The Hall–Kier alpha value is -3.41. The third-order valence-corrected chi connectivity index (χ3v) is 5.03. The van der Waals surface area contributed by atoms with E-state index >= 15 is 0 Å². The zero-order valence-corrected chi connectivity index (χ0v) is 16.4. The Morgan fingerprint density at radius 3 is 2.83 bits per heavy atom. The molecule has 0 bridgehead atoms. The van der Waals surface area contributed by atoms with Crippen LogP contribution >= 0.6 is 0 Å². The summed E-state index contributed by atoms with van der Waals surface area (Å²) in [6.45, 7) is 3.58. The van der Waals surface area contributed by atoms with Gasteiger partial charge in [-0.2, -0.15) is 0 Å². The number of hydrogen-bond acceptors (Lipinski definition) is 4. The highest BCUT2D eigenvalue weighted by Crippen LogP contribution is 2.24. The van der Waals surface area contributed by atoms with Crippen LogP contribution in [-0.2, 0) is 4.79 Å². The molecule has 2 aromatic carbocycles. The molecule has 3 aromatic rings. The van der Waals surface area contributed by atoms with E-state index < -0.39 is 0 Å². The molecule has 1 fully saturated rings. The van der Waals surface area contributed by atoms with Crippen LogP contribution in [0, 0.1) is 6.92 Å². The molecule has 4 rings (SSSR count). The number of fused-ring (bicyclic) bond motifs is 1. The van der Waals surface area contributed by atoms with Crippen LogP contribution in [0.5, 0.6) is 5.75 Å². The van der Waals surface area contributed by atoms with Gasteiger partial charge in [-0.15, -0.1) is 0 Å². The van der Waals surface area contributed by atoms with E-state index in [0.29, 0.717) is 36.6 Å². The first-order chi connectivity index (χ1) is 14.1. The zero-order chi connectivity index (χ0) is 20.2. The van der Waals surface area contributed by atoms with Crippen molar-refractivity contribution in [1.29, 1.82) is 0 Å². The lowest BCUT2D eigenvalue weighted by atomic mass is 10.1. The monoisotopic (exact) mass is 389 g/mol. The van der Waals surface area contributed by atoms with E-state index in [1.165, 1.54) is 0 Å². The maximum Gasteiger partial charge on any atom is 0.259 e. The quantitative estimate of drug-likeness (QED) is 0.696. The van der Waals surface area contributed by atoms with Crippen LogP contribution in [0.2, 0.25) is 0 Å². The predicted octanol–water partition coefficient (Wildman–Crippen LogP) is 3.80. The van der Waals surface area contributed by atoms with Crippen molar-refractivity contribution >= 4 is 28.4 Å². The molecule has 1 aromatic heterocycles. The number of nitrogens with zero attached hydrogens (tertiary/aromatic N) is 2. The fourth-order valence-electron chi connectivity index (χ4n) is 3.52. The number of likely N-dealkylation sites (tertiary alicyclic amines) is 1. The number of anilines is 1. The van der Waals surface area contributed by atoms with Crippen molar-refractivity contribution < 1.29 is 14.3 Å². The van der Waals surface area contributed by atoms with Gasteiger partial charge in [-0.25, -0.2) is 0 Å². The molecule has 0 unspecified atom stereocenters. The summed E-state index contributed by atoms with van der Waals surface area (Å²) in [6, 6.07) is 16.8. The number of hydrogen-bond donors (Lipinski definition) is 1. The predicted molar refractivity (Wildman–Crippen MR) is 112 cm³/mol. The highest BCUT2D eigenvalue weighted by atomic mass is 16.5. The fraction of sp³-hybridized carbons (Fsp3) is 0.261. The van der Waals surface area contributed by atoms with E-state index in [9.17, 15) is 9.59 Å². The Morgan fingerprint density at radius 1 is 1.14 bits per heavy atom. The largest absolute Gasteiger partial charge is 0.491 e. The number of amides is 2. The highest BCUT2D eigenvalue weighted by molar-refractivity contribution is 6.09. The van der Waals surface area contributed by atoms with Crippen LogP contribution < -0.4 is 10.1 Å². The molecule has 2 heterocycles. The third-order valence-electron chi connectivity index (χ3n) is 5.03. The Morgan fingerprint density at radius 2 is 2.00 bits per heavy atom. The molecule has 1 saturated heterocycles. The van der Waals surface area contributed by atoms with E-state index in [-0.39, 0.29) is 11.8 Å². The first-order valence-electron chi connectivity index (χ1n) is 9.79. The molecular formula is C23H23N3O3. The lowest BCUT2D eigenvalue weighted by Gasteiger charge is -2.17. The molecule has 1 aliphatic heterocycles. The number of benzene rings is 2. The molecule has 0 radical (unpaired) electrons. The number of para-hydroxylation sites is 2. The van der Waals surface area contributed by atoms with E-state index in [1.807, 2.05) is 43.3 Å². The lowest BCUT2D eigenvalue weighted by Crippen LogP contribution is -2.29. The van der Waals surface area contributed by atoms with Crippen molar-refractivity contribution in [3.63, 3.8) is 0 Å². The molecule has 0 aliphatic carbocycles. The van der Waals surface area contributed by atoms with E-state index in [0.717, 1.165) is 29.6 Å². The summed E-state index contributed by atoms with van der Waals surface area (Å²) in [5.74, 6) is 0.410. The van der Waals surface area contributed by atoms with E-state index in [1.54, 1.807) is 23.1 Å². The van der Waals surface area contributed by atoms with Gasteiger partial charge in [0.15, 0.2) is 0 Å². The number of pyridine rings is 1. The normalized spacial score (nSPS) is 13.7.